The van der Waals surface area contributed by atoms with E-state index >= 15 is 0 Å². The smallest absolute Gasteiger partial charge is 0.148 e. The van der Waals surface area contributed by atoms with E-state index in [0.29, 0.717) is 5.82 Å². The Labute approximate surface area is 122 Å². The average molecular weight is 279 g/mol. The molecule has 0 aliphatic rings. The third-order valence-electron chi connectivity index (χ3n) is 3.59. The van der Waals surface area contributed by atoms with Gasteiger partial charge in [-0.2, -0.15) is 0 Å². The minimum absolute atomic E-state index is 0.261. The lowest BCUT2D eigenvalue weighted by Gasteiger charge is -2.26. The molecule has 114 valence electrons. The highest BCUT2D eigenvalue weighted by Gasteiger charge is 2.18. The van der Waals surface area contributed by atoms with E-state index in [1.54, 1.807) is 0 Å². The summed E-state index contributed by atoms with van der Waals surface area (Å²) in [7, 11) is 0. The van der Waals surface area contributed by atoms with Gasteiger partial charge in [-0.15, -0.1) is 0 Å². The molecule has 0 radical (unpaired) electrons. The van der Waals surface area contributed by atoms with Crippen molar-refractivity contribution in [3.05, 3.63) is 11.4 Å². The maximum absolute atomic E-state index is 5.48. The number of nitrogens with two attached hydrogens (primary N) is 1. The molecule has 0 saturated carbocycles. The van der Waals surface area contributed by atoms with E-state index in [1.807, 2.05) is 13.8 Å². The fraction of sp³-hybridized carbons (Fsp3) is 0.733. The molecular formula is C15H29N5. The van der Waals surface area contributed by atoms with Crippen LogP contribution in [0.3, 0.4) is 0 Å². The van der Waals surface area contributed by atoms with Gasteiger partial charge in [0.1, 0.15) is 17.5 Å². The highest BCUT2D eigenvalue weighted by molar-refractivity contribution is 5.56. The van der Waals surface area contributed by atoms with Crippen molar-refractivity contribution in [1.29, 1.82) is 0 Å². The summed E-state index contributed by atoms with van der Waals surface area (Å²) in [6.45, 7) is 11.6. The fourth-order valence-electron chi connectivity index (χ4n) is 2.21. The Kier molecular flexibility index (Phi) is 6.20. The Morgan fingerprint density at radius 3 is 2.35 bits per heavy atom. The summed E-state index contributed by atoms with van der Waals surface area (Å²) in [4.78, 5) is 8.73. The molecule has 4 N–H and O–H groups in total. The summed E-state index contributed by atoms with van der Waals surface area (Å²) in [5.74, 6) is 7.75. The molecule has 0 bridgehead atoms. The molecule has 5 heteroatoms. The number of rotatable bonds is 8. The number of nitrogens with one attached hydrogen (secondary N) is 2. The summed E-state index contributed by atoms with van der Waals surface area (Å²) >= 11 is 0. The van der Waals surface area contributed by atoms with Crippen molar-refractivity contribution in [2.75, 3.05) is 17.3 Å². The van der Waals surface area contributed by atoms with Crippen LogP contribution in [-0.2, 0) is 0 Å². The quantitative estimate of drug-likeness (QED) is 0.386. The second kappa shape index (κ2) is 7.43. The van der Waals surface area contributed by atoms with Gasteiger partial charge in [-0.25, -0.2) is 15.8 Å². The zero-order chi connectivity index (χ0) is 15.2. The molecule has 0 fully saturated rings. The summed E-state index contributed by atoms with van der Waals surface area (Å²) in [5.41, 5.74) is 3.85. The molecule has 1 heterocycles. The van der Waals surface area contributed by atoms with Crippen LogP contribution < -0.4 is 16.6 Å². The Hall–Kier alpha value is -1.36. The molecule has 0 spiro atoms. The molecule has 1 aromatic rings. The van der Waals surface area contributed by atoms with Crippen LogP contribution in [0.15, 0.2) is 0 Å². The van der Waals surface area contributed by atoms with Gasteiger partial charge in [0, 0.05) is 12.1 Å². The second-order valence-corrected chi connectivity index (χ2v) is 6.21. The van der Waals surface area contributed by atoms with E-state index < -0.39 is 0 Å². The first-order valence-corrected chi connectivity index (χ1v) is 7.45. The van der Waals surface area contributed by atoms with Crippen molar-refractivity contribution in [2.45, 2.75) is 60.3 Å². The largest absolute Gasteiger partial charge is 0.369 e. The molecule has 0 unspecified atom stereocenters. The van der Waals surface area contributed by atoms with Crippen LogP contribution in [0.2, 0.25) is 0 Å². The van der Waals surface area contributed by atoms with E-state index in [0.717, 1.165) is 23.8 Å². The van der Waals surface area contributed by atoms with Crippen LogP contribution in [0.1, 0.15) is 57.8 Å². The van der Waals surface area contributed by atoms with Gasteiger partial charge in [-0.05, 0) is 25.7 Å². The van der Waals surface area contributed by atoms with Gasteiger partial charge in [0.25, 0.3) is 0 Å². The number of aryl methyl sites for hydroxylation is 1. The number of hydrogen-bond acceptors (Lipinski definition) is 5. The molecule has 1 aromatic heterocycles. The second-order valence-electron chi connectivity index (χ2n) is 6.21. The first kappa shape index (κ1) is 16.7. The van der Waals surface area contributed by atoms with Crippen molar-refractivity contribution in [3.8, 4) is 0 Å². The van der Waals surface area contributed by atoms with Gasteiger partial charge in [0.05, 0.1) is 0 Å². The zero-order valence-corrected chi connectivity index (χ0v) is 13.5. The van der Waals surface area contributed by atoms with Crippen LogP contribution in [0.25, 0.3) is 0 Å². The zero-order valence-electron chi connectivity index (χ0n) is 13.5. The Bertz CT molecular complexity index is 429. The number of nitrogen functional groups attached to an aromatic ring is 1. The van der Waals surface area contributed by atoms with E-state index in [9.17, 15) is 0 Å². The van der Waals surface area contributed by atoms with Gasteiger partial charge in [0.15, 0.2) is 0 Å². The van der Waals surface area contributed by atoms with Crippen LogP contribution in [0, 0.1) is 19.3 Å². The van der Waals surface area contributed by atoms with Crippen LogP contribution in [0.4, 0.5) is 11.6 Å². The molecule has 0 saturated heterocycles. The van der Waals surface area contributed by atoms with Crippen molar-refractivity contribution in [3.63, 3.8) is 0 Å². The van der Waals surface area contributed by atoms with Crippen molar-refractivity contribution >= 4 is 11.6 Å². The minimum Gasteiger partial charge on any atom is -0.369 e. The van der Waals surface area contributed by atoms with Gasteiger partial charge >= 0.3 is 0 Å². The van der Waals surface area contributed by atoms with Crippen LogP contribution in [0.5, 0.6) is 0 Å². The fourth-order valence-corrected chi connectivity index (χ4v) is 2.21. The number of hydrogen-bond donors (Lipinski definition) is 3. The first-order chi connectivity index (χ1) is 9.39. The molecule has 20 heavy (non-hydrogen) atoms. The lowest BCUT2D eigenvalue weighted by Crippen LogP contribution is -2.24. The van der Waals surface area contributed by atoms with E-state index in [-0.39, 0.29) is 5.41 Å². The van der Waals surface area contributed by atoms with Gasteiger partial charge in [0.2, 0.25) is 0 Å². The summed E-state index contributed by atoms with van der Waals surface area (Å²) < 4.78 is 0. The van der Waals surface area contributed by atoms with Crippen molar-refractivity contribution in [1.82, 2.24) is 9.97 Å². The van der Waals surface area contributed by atoms with E-state index in [1.165, 1.54) is 25.7 Å². The lowest BCUT2D eigenvalue weighted by atomic mass is 9.87. The maximum atomic E-state index is 5.48. The monoisotopic (exact) mass is 279 g/mol. The SMILES string of the molecule is CCCCCC(C)(C)CNc1nc(C)nc(NN)c1C. The molecule has 5 nitrogen and oxygen atoms in total. The molecule has 1 rings (SSSR count). The first-order valence-electron chi connectivity index (χ1n) is 7.45. The summed E-state index contributed by atoms with van der Waals surface area (Å²) in [5, 5.41) is 3.45. The topological polar surface area (TPSA) is 75.9 Å². The van der Waals surface area contributed by atoms with Crippen molar-refractivity contribution in [2.24, 2.45) is 11.3 Å². The van der Waals surface area contributed by atoms with Gasteiger partial charge in [-0.1, -0.05) is 40.0 Å². The van der Waals surface area contributed by atoms with Crippen LogP contribution >= 0.6 is 0 Å². The number of aromatic nitrogens is 2. The summed E-state index contributed by atoms with van der Waals surface area (Å²) in [6, 6.07) is 0. The van der Waals surface area contributed by atoms with Gasteiger partial charge in [-0.3, -0.25) is 0 Å². The van der Waals surface area contributed by atoms with Gasteiger partial charge < -0.3 is 10.7 Å². The Morgan fingerprint density at radius 2 is 1.75 bits per heavy atom. The van der Waals surface area contributed by atoms with Crippen LogP contribution in [-0.4, -0.2) is 16.5 Å². The third-order valence-corrected chi connectivity index (χ3v) is 3.59. The Morgan fingerprint density at radius 1 is 1.10 bits per heavy atom. The summed E-state index contributed by atoms with van der Waals surface area (Å²) in [6.07, 6.45) is 5.07. The molecule has 0 atom stereocenters. The lowest BCUT2D eigenvalue weighted by molar-refractivity contribution is 0.342. The predicted octanol–water partition coefficient (Wildman–Crippen LogP) is 3.40. The maximum Gasteiger partial charge on any atom is 0.148 e. The van der Waals surface area contributed by atoms with E-state index in [4.69, 9.17) is 5.84 Å². The standard InChI is InChI=1S/C15H29N5/c1-6-7-8-9-15(4,5)10-17-13-11(2)14(20-16)19-12(3)18-13/h6-10,16H2,1-5H3,(H2,17,18,19,20). The normalized spacial score (nSPS) is 11.5. The highest BCUT2D eigenvalue weighted by Crippen LogP contribution is 2.26. The third kappa shape index (κ3) is 4.96. The minimum atomic E-state index is 0.261. The number of hydrazine groups is 1. The van der Waals surface area contributed by atoms with E-state index in [2.05, 4.69) is 41.5 Å². The average Bonchev–Trinajstić information content (AvgIpc) is 2.39. The number of anilines is 2. The molecule has 0 aromatic carbocycles. The molecule has 0 aliphatic heterocycles. The molecular weight excluding hydrogens is 250 g/mol. The number of unbranched alkanes of at least 4 members (excludes halogenated alkanes) is 2. The Balaban J connectivity index is 2.67. The molecule has 0 aliphatic carbocycles. The molecule has 0 amide bonds. The van der Waals surface area contributed by atoms with Crippen molar-refractivity contribution < 1.29 is 0 Å². The number of nitrogens with zero attached hydrogens (tertiary/aromatic N) is 2. The predicted molar refractivity (Wildman–Crippen MR) is 85.7 cm³/mol. The highest BCUT2D eigenvalue weighted by atomic mass is 15.3.